The van der Waals surface area contributed by atoms with Crippen molar-refractivity contribution in [1.29, 1.82) is 0 Å². The molecule has 0 saturated carbocycles. The Morgan fingerprint density at radius 3 is 2.09 bits per heavy atom. The first-order valence-electron chi connectivity index (χ1n) is 11.1. The Balaban J connectivity index is 2.45. The third kappa shape index (κ3) is 6.81. The van der Waals surface area contributed by atoms with E-state index in [1.165, 1.54) is 4.90 Å². The zero-order valence-corrected chi connectivity index (χ0v) is 21.2. The third-order valence-corrected chi connectivity index (χ3v) is 6.80. The van der Waals surface area contributed by atoms with Crippen LogP contribution in [0, 0.1) is 20.8 Å². The van der Waals surface area contributed by atoms with Crippen molar-refractivity contribution >= 4 is 27.5 Å². The Labute approximate surface area is 197 Å². The largest absolute Gasteiger partial charge is 0.354 e. The summed E-state index contributed by atoms with van der Waals surface area (Å²) in [6.07, 6.45) is 1.87. The van der Waals surface area contributed by atoms with E-state index in [2.05, 4.69) is 5.32 Å². The Kier molecular flexibility index (Phi) is 9.05. The minimum atomic E-state index is -3.75. The molecule has 0 aromatic heterocycles. The third-order valence-electron chi connectivity index (χ3n) is 5.69. The summed E-state index contributed by atoms with van der Waals surface area (Å²) in [4.78, 5) is 27.8. The van der Waals surface area contributed by atoms with E-state index in [4.69, 9.17) is 0 Å². The van der Waals surface area contributed by atoms with Crippen LogP contribution in [0.25, 0.3) is 0 Å². The molecule has 1 N–H and O–H groups in total. The molecule has 8 heteroatoms. The van der Waals surface area contributed by atoms with Gasteiger partial charge in [0.1, 0.15) is 12.6 Å². The normalized spacial score (nSPS) is 12.2. The second-order valence-corrected chi connectivity index (χ2v) is 10.3. The van der Waals surface area contributed by atoms with Gasteiger partial charge in [0.15, 0.2) is 0 Å². The average Bonchev–Trinajstić information content (AvgIpc) is 2.74. The molecule has 1 atom stereocenters. The van der Waals surface area contributed by atoms with Gasteiger partial charge in [-0.1, -0.05) is 49.4 Å². The summed E-state index contributed by atoms with van der Waals surface area (Å²) in [5, 5.41) is 2.84. The van der Waals surface area contributed by atoms with E-state index in [0.717, 1.165) is 39.2 Å². The van der Waals surface area contributed by atoms with Gasteiger partial charge in [0.25, 0.3) is 0 Å². The summed E-state index contributed by atoms with van der Waals surface area (Å²) in [5.74, 6) is -0.706. The lowest BCUT2D eigenvalue weighted by Crippen LogP contribution is -2.51. The molecule has 0 radical (unpaired) electrons. The molecule has 180 valence electrons. The van der Waals surface area contributed by atoms with Crippen LogP contribution in [-0.4, -0.2) is 50.5 Å². The number of benzene rings is 2. The second kappa shape index (κ2) is 11.3. The molecule has 0 heterocycles. The number of nitrogens with one attached hydrogen (secondary N) is 1. The van der Waals surface area contributed by atoms with Crippen molar-refractivity contribution in [3.05, 3.63) is 64.7 Å². The molecule has 1 unspecified atom stereocenters. The van der Waals surface area contributed by atoms with E-state index in [9.17, 15) is 18.0 Å². The number of para-hydroxylation sites is 1. The highest BCUT2D eigenvalue weighted by atomic mass is 32.2. The molecule has 7 nitrogen and oxygen atoms in total. The van der Waals surface area contributed by atoms with Gasteiger partial charge in [0.2, 0.25) is 21.8 Å². The SMILES string of the molecule is CCCNC(=O)C(C)N(Cc1ccccc1C)C(=O)CN(c1c(C)cccc1C)S(C)(=O)=O. The van der Waals surface area contributed by atoms with Crippen molar-refractivity contribution in [2.75, 3.05) is 23.7 Å². The van der Waals surface area contributed by atoms with Gasteiger partial charge in [-0.05, 0) is 56.4 Å². The first-order chi connectivity index (χ1) is 15.5. The predicted octanol–water partition coefficient (Wildman–Crippen LogP) is 3.32. The smallest absolute Gasteiger partial charge is 0.244 e. The summed E-state index contributed by atoms with van der Waals surface area (Å²) < 4.78 is 26.6. The predicted molar refractivity (Wildman–Crippen MR) is 133 cm³/mol. The van der Waals surface area contributed by atoms with E-state index >= 15 is 0 Å². The number of anilines is 1. The van der Waals surface area contributed by atoms with Crippen LogP contribution in [0.3, 0.4) is 0 Å². The number of hydrogen-bond donors (Lipinski definition) is 1. The number of nitrogens with zero attached hydrogens (tertiary/aromatic N) is 2. The van der Waals surface area contributed by atoms with Crippen molar-refractivity contribution in [1.82, 2.24) is 10.2 Å². The van der Waals surface area contributed by atoms with Gasteiger partial charge >= 0.3 is 0 Å². The average molecular weight is 474 g/mol. The van der Waals surface area contributed by atoms with Crippen LogP contribution in [0.4, 0.5) is 5.69 Å². The number of sulfonamides is 1. The van der Waals surface area contributed by atoms with E-state index in [0.29, 0.717) is 12.2 Å². The molecular weight excluding hydrogens is 438 g/mol. The number of amides is 2. The summed E-state index contributed by atoms with van der Waals surface area (Å²) in [5.41, 5.74) is 3.90. The van der Waals surface area contributed by atoms with Crippen molar-refractivity contribution in [3.8, 4) is 0 Å². The first-order valence-corrected chi connectivity index (χ1v) is 13.0. The van der Waals surface area contributed by atoms with Crippen molar-refractivity contribution in [2.24, 2.45) is 0 Å². The molecule has 0 fully saturated rings. The van der Waals surface area contributed by atoms with E-state index < -0.39 is 22.0 Å². The zero-order chi connectivity index (χ0) is 24.8. The summed E-state index contributed by atoms with van der Waals surface area (Å²) in [6.45, 7) is 9.53. The van der Waals surface area contributed by atoms with Crippen LogP contribution < -0.4 is 9.62 Å². The molecule has 0 aliphatic heterocycles. The van der Waals surface area contributed by atoms with Gasteiger partial charge in [0.05, 0.1) is 11.9 Å². The van der Waals surface area contributed by atoms with E-state index in [1.807, 2.05) is 70.2 Å². The van der Waals surface area contributed by atoms with Crippen LogP contribution in [0.15, 0.2) is 42.5 Å². The minimum absolute atomic E-state index is 0.205. The highest BCUT2D eigenvalue weighted by Crippen LogP contribution is 2.27. The van der Waals surface area contributed by atoms with Gasteiger partial charge in [0, 0.05) is 13.1 Å². The first kappa shape index (κ1) is 26.4. The molecule has 2 aromatic carbocycles. The van der Waals surface area contributed by atoms with Crippen LogP contribution in [-0.2, 0) is 26.2 Å². The molecule has 2 rings (SSSR count). The molecule has 0 spiro atoms. The summed E-state index contributed by atoms with van der Waals surface area (Å²) in [6, 6.07) is 12.4. The molecule has 2 amide bonds. The van der Waals surface area contributed by atoms with Crippen LogP contribution in [0.2, 0.25) is 0 Å². The molecule has 33 heavy (non-hydrogen) atoms. The molecule has 0 aliphatic carbocycles. The Morgan fingerprint density at radius 2 is 1.55 bits per heavy atom. The topological polar surface area (TPSA) is 86.8 Å². The number of carbonyl (C=O) groups is 2. The molecule has 0 bridgehead atoms. The van der Waals surface area contributed by atoms with Gasteiger partial charge in [-0.15, -0.1) is 0 Å². The Morgan fingerprint density at radius 1 is 0.970 bits per heavy atom. The monoisotopic (exact) mass is 473 g/mol. The quantitative estimate of drug-likeness (QED) is 0.574. The number of hydrogen-bond acceptors (Lipinski definition) is 4. The highest BCUT2D eigenvalue weighted by Gasteiger charge is 2.31. The maximum atomic E-state index is 13.6. The van der Waals surface area contributed by atoms with Crippen molar-refractivity contribution in [3.63, 3.8) is 0 Å². The van der Waals surface area contributed by atoms with Crippen molar-refractivity contribution < 1.29 is 18.0 Å². The number of aryl methyl sites for hydroxylation is 3. The maximum absolute atomic E-state index is 13.6. The molecular formula is C25H35N3O4S. The lowest BCUT2D eigenvalue weighted by Gasteiger charge is -2.32. The standard InChI is InChI=1S/C25H35N3O4S/c1-7-15-26-25(30)21(5)27(16-22-14-9-8-11-18(22)2)23(29)17-28(33(6,31)32)24-19(3)12-10-13-20(24)4/h8-14,21H,7,15-17H2,1-6H3,(H,26,30). The van der Waals surface area contributed by atoms with Gasteiger partial charge in [-0.25, -0.2) is 8.42 Å². The van der Waals surface area contributed by atoms with E-state index in [-0.39, 0.29) is 19.0 Å². The fourth-order valence-electron chi connectivity index (χ4n) is 3.72. The van der Waals surface area contributed by atoms with Crippen molar-refractivity contribution in [2.45, 2.75) is 53.6 Å². The number of carbonyl (C=O) groups excluding carboxylic acids is 2. The lowest BCUT2D eigenvalue weighted by molar-refractivity contribution is -0.139. The Hall–Kier alpha value is -2.87. The minimum Gasteiger partial charge on any atom is -0.354 e. The molecule has 0 saturated heterocycles. The summed E-state index contributed by atoms with van der Waals surface area (Å²) >= 11 is 0. The zero-order valence-electron chi connectivity index (χ0n) is 20.4. The van der Waals surface area contributed by atoms with Crippen LogP contribution in [0.1, 0.15) is 42.5 Å². The lowest BCUT2D eigenvalue weighted by atomic mass is 10.1. The molecule has 0 aliphatic rings. The second-order valence-electron chi connectivity index (χ2n) is 8.43. The van der Waals surface area contributed by atoms with Crippen LogP contribution >= 0.6 is 0 Å². The fourth-order valence-corrected chi connectivity index (χ4v) is 4.69. The number of rotatable bonds is 10. The Bertz CT molecular complexity index is 1080. The van der Waals surface area contributed by atoms with Gasteiger partial charge in [-0.2, -0.15) is 0 Å². The summed E-state index contributed by atoms with van der Waals surface area (Å²) in [7, 11) is -3.75. The van der Waals surface area contributed by atoms with E-state index in [1.54, 1.807) is 6.92 Å². The maximum Gasteiger partial charge on any atom is 0.244 e. The fraction of sp³-hybridized carbons (Fsp3) is 0.440. The van der Waals surface area contributed by atoms with Crippen LogP contribution in [0.5, 0.6) is 0 Å². The molecule has 2 aromatic rings. The van der Waals surface area contributed by atoms with Gasteiger partial charge in [-0.3, -0.25) is 13.9 Å². The van der Waals surface area contributed by atoms with Gasteiger partial charge < -0.3 is 10.2 Å². The highest BCUT2D eigenvalue weighted by molar-refractivity contribution is 7.92.